The quantitative estimate of drug-likeness (QED) is 0.714. The Balaban J connectivity index is 1.72. The summed E-state index contributed by atoms with van der Waals surface area (Å²) in [5, 5.41) is 3.14. The Bertz CT molecular complexity index is 312. The van der Waals surface area contributed by atoms with Crippen LogP contribution in [0.15, 0.2) is 0 Å². The van der Waals surface area contributed by atoms with Gasteiger partial charge in [0.2, 0.25) is 5.91 Å². The van der Waals surface area contributed by atoms with E-state index in [-0.39, 0.29) is 11.3 Å². The predicted molar refractivity (Wildman–Crippen MR) is 59.7 cm³/mol. The molecule has 2 aliphatic carbocycles. The van der Waals surface area contributed by atoms with Crippen molar-refractivity contribution in [2.45, 2.75) is 50.8 Å². The largest absolute Gasteiger partial charge is 0.377 e. The molecule has 0 aromatic carbocycles. The van der Waals surface area contributed by atoms with E-state index >= 15 is 0 Å². The average Bonchev–Trinajstić information content (AvgIpc) is 2.56. The summed E-state index contributed by atoms with van der Waals surface area (Å²) in [5.74, 6) is 0.532. The fraction of sp³-hybridized carbons (Fsp3) is 0.917. The zero-order valence-electron chi connectivity index (χ0n) is 9.74. The molecule has 1 heterocycles. The van der Waals surface area contributed by atoms with Crippen molar-refractivity contribution in [2.75, 3.05) is 6.61 Å². The molecular formula is C12H20N2O2. The number of amides is 1. The van der Waals surface area contributed by atoms with Crippen molar-refractivity contribution in [3.63, 3.8) is 0 Å². The number of hydrogen-bond donors (Lipinski definition) is 2. The summed E-state index contributed by atoms with van der Waals surface area (Å²) in [4.78, 5) is 11.7. The lowest BCUT2D eigenvalue weighted by molar-refractivity contribution is -0.179. The van der Waals surface area contributed by atoms with Crippen molar-refractivity contribution >= 4 is 5.91 Å². The first-order valence-electron chi connectivity index (χ1n) is 6.33. The summed E-state index contributed by atoms with van der Waals surface area (Å²) in [7, 11) is 0. The maximum absolute atomic E-state index is 11.7. The lowest BCUT2D eigenvalue weighted by Crippen LogP contribution is -2.72. The molecule has 1 amide bonds. The Kier molecular flexibility index (Phi) is 2.27. The fourth-order valence-electron chi connectivity index (χ4n) is 3.74. The second kappa shape index (κ2) is 3.44. The van der Waals surface area contributed by atoms with Crippen LogP contribution in [0.3, 0.4) is 0 Å². The van der Waals surface area contributed by atoms with Crippen LogP contribution in [0.25, 0.3) is 0 Å². The van der Waals surface area contributed by atoms with E-state index in [2.05, 4.69) is 5.32 Å². The molecule has 2 saturated carbocycles. The van der Waals surface area contributed by atoms with Crippen LogP contribution in [0, 0.1) is 11.3 Å². The van der Waals surface area contributed by atoms with Crippen molar-refractivity contribution in [2.24, 2.45) is 17.1 Å². The molecule has 16 heavy (non-hydrogen) atoms. The van der Waals surface area contributed by atoms with Gasteiger partial charge in [-0.1, -0.05) is 6.42 Å². The first-order valence-corrected chi connectivity index (χ1v) is 6.33. The highest BCUT2D eigenvalue weighted by atomic mass is 16.5. The lowest BCUT2D eigenvalue weighted by atomic mass is 9.46. The van der Waals surface area contributed by atoms with Gasteiger partial charge < -0.3 is 15.8 Å². The van der Waals surface area contributed by atoms with Gasteiger partial charge in [-0.25, -0.2) is 0 Å². The second-order valence-corrected chi connectivity index (χ2v) is 5.61. The maximum atomic E-state index is 11.7. The Morgan fingerprint density at radius 3 is 2.88 bits per heavy atom. The molecule has 0 bridgehead atoms. The number of carbonyl (C=O) groups excluding carboxylic acids is 1. The highest BCUT2D eigenvalue weighted by molar-refractivity contribution is 5.81. The van der Waals surface area contributed by atoms with Crippen molar-refractivity contribution in [1.82, 2.24) is 5.32 Å². The lowest BCUT2D eigenvalue weighted by Gasteiger charge is -2.63. The number of fused-ring (bicyclic) bond motifs is 2. The molecule has 4 nitrogen and oxygen atoms in total. The molecule has 1 spiro atoms. The van der Waals surface area contributed by atoms with E-state index in [1.807, 2.05) is 0 Å². The van der Waals surface area contributed by atoms with Gasteiger partial charge >= 0.3 is 0 Å². The zero-order chi connectivity index (χ0) is 11.3. The SMILES string of the molecule is C[C@@H](N)C(=O)NC1C2CCOC2C12CCC2. The van der Waals surface area contributed by atoms with Crippen LogP contribution < -0.4 is 11.1 Å². The summed E-state index contributed by atoms with van der Waals surface area (Å²) in [6, 6.07) is -0.0780. The Morgan fingerprint density at radius 2 is 2.31 bits per heavy atom. The van der Waals surface area contributed by atoms with E-state index in [4.69, 9.17) is 10.5 Å². The normalized spacial score (nSPS) is 40.8. The van der Waals surface area contributed by atoms with E-state index in [0.717, 1.165) is 13.0 Å². The topological polar surface area (TPSA) is 64.4 Å². The minimum absolute atomic E-state index is 0.0124. The Morgan fingerprint density at radius 1 is 1.56 bits per heavy atom. The summed E-state index contributed by atoms with van der Waals surface area (Å²) in [5.41, 5.74) is 5.87. The minimum Gasteiger partial charge on any atom is -0.377 e. The maximum Gasteiger partial charge on any atom is 0.236 e. The van der Waals surface area contributed by atoms with Crippen LogP contribution in [0.1, 0.15) is 32.6 Å². The highest BCUT2D eigenvalue weighted by Gasteiger charge is 2.66. The number of nitrogens with one attached hydrogen (secondary N) is 1. The number of carbonyl (C=O) groups is 1. The van der Waals surface area contributed by atoms with Gasteiger partial charge in [0.15, 0.2) is 0 Å². The molecule has 3 unspecified atom stereocenters. The molecule has 0 radical (unpaired) electrons. The molecule has 4 heteroatoms. The first-order chi connectivity index (χ1) is 7.65. The Labute approximate surface area is 95.9 Å². The van der Waals surface area contributed by atoms with Gasteiger partial charge in [0.1, 0.15) is 0 Å². The van der Waals surface area contributed by atoms with Crippen LogP contribution in [0.5, 0.6) is 0 Å². The molecule has 90 valence electrons. The molecule has 3 fully saturated rings. The van der Waals surface area contributed by atoms with E-state index in [0.29, 0.717) is 18.1 Å². The van der Waals surface area contributed by atoms with Crippen molar-refractivity contribution in [3.05, 3.63) is 0 Å². The van der Waals surface area contributed by atoms with Crippen LogP contribution in [0.2, 0.25) is 0 Å². The summed E-state index contributed by atoms with van der Waals surface area (Å²) in [6.45, 7) is 2.60. The Hall–Kier alpha value is -0.610. The van der Waals surface area contributed by atoms with Crippen molar-refractivity contribution in [3.8, 4) is 0 Å². The number of ether oxygens (including phenoxy) is 1. The molecule has 3 rings (SSSR count). The van der Waals surface area contributed by atoms with Gasteiger partial charge in [0, 0.05) is 24.0 Å². The summed E-state index contributed by atoms with van der Waals surface area (Å²) >= 11 is 0. The molecule has 4 atom stereocenters. The highest BCUT2D eigenvalue weighted by Crippen LogP contribution is 2.62. The molecule has 0 aromatic heterocycles. The van der Waals surface area contributed by atoms with Crippen LogP contribution in [-0.2, 0) is 9.53 Å². The fourth-order valence-corrected chi connectivity index (χ4v) is 3.74. The summed E-state index contributed by atoms with van der Waals surface area (Å²) < 4.78 is 5.80. The van der Waals surface area contributed by atoms with E-state index in [9.17, 15) is 4.79 Å². The first kappa shape index (κ1) is 10.5. The van der Waals surface area contributed by atoms with Gasteiger partial charge in [0.25, 0.3) is 0 Å². The summed E-state index contributed by atoms with van der Waals surface area (Å²) in [6.07, 6.45) is 5.20. The number of nitrogens with two attached hydrogens (primary N) is 1. The average molecular weight is 224 g/mol. The third kappa shape index (κ3) is 1.20. The molecule has 3 N–H and O–H groups in total. The van der Waals surface area contributed by atoms with Gasteiger partial charge in [-0.15, -0.1) is 0 Å². The molecule has 1 aliphatic heterocycles. The molecule has 0 aromatic rings. The standard InChI is InChI=1S/C12H20N2O2/c1-7(13)11(15)14-9-8-3-6-16-10(8)12(9)4-2-5-12/h7-10H,2-6,13H2,1H3,(H,14,15)/t7-,8?,9?,10?/m1/s1. The van der Waals surface area contributed by atoms with Crippen molar-refractivity contribution < 1.29 is 9.53 Å². The van der Waals surface area contributed by atoms with Crippen LogP contribution in [0.4, 0.5) is 0 Å². The monoisotopic (exact) mass is 224 g/mol. The second-order valence-electron chi connectivity index (χ2n) is 5.61. The van der Waals surface area contributed by atoms with Gasteiger partial charge in [-0.3, -0.25) is 4.79 Å². The molecule has 3 aliphatic rings. The van der Waals surface area contributed by atoms with E-state index < -0.39 is 6.04 Å². The van der Waals surface area contributed by atoms with Crippen LogP contribution >= 0.6 is 0 Å². The molecule has 1 saturated heterocycles. The van der Waals surface area contributed by atoms with E-state index in [1.165, 1.54) is 19.3 Å². The minimum atomic E-state index is -0.404. The van der Waals surface area contributed by atoms with E-state index in [1.54, 1.807) is 6.92 Å². The van der Waals surface area contributed by atoms with Gasteiger partial charge in [-0.05, 0) is 26.2 Å². The van der Waals surface area contributed by atoms with Gasteiger partial charge in [-0.2, -0.15) is 0 Å². The third-order valence-corrected chi connectivity index (χ3v) is 4.75. The van der Waals surface area contributed by atoms with Gasteiger partial charge in [0.05, 0.1) is 12.1 Å². The van der Waals surface area contributed by atoms with Crippen molar-refractivity contribution in [1.29, 1.82) is 0 Å². The predicted octanol–water partition coefficient (Wildman–Crippen LogP) is 0.407. The smallest absolute Gasteiger partial charge is 0.236 e. The number of rotatable bonds is 2. The molecular weight excluding hydrogens is 204 g/mol. The number of hydrogen-bond acceptors (Lipinski definition) is 3. The zero-order valence-corrected chi connectivity index (χ0v) is 9.74. The van der Waals surface area contributed by atoms with Crippen LogP contribution in [-0.4, -0.2) is 30.7 Å². The third-order valence-electron chi connectivity index (χ3n) is 4.75.